The number of hydrogen-bond acceptors (Lipinski definition) is 3. The molecule has 2 aromatic rings. The van der Waals surface area contributed by atoms with E-state index in [0.717, 1.165) is 31.4 Å². The summed E-state index contributed by atoms with van der Waals surface area (Å²) in [6.07, 6.45) is 4.18. The Kier molecular flexibility index (Phi) is 6.21. The molecular weight excluding hydrogens is 326 g/mol. The van der Waals surface area contributed by atoms with Crippen LogP contribution in [-0.4, -0.2) is 36.0 Å². The maximum atomic E-state index is 10.7. The monoisotopic (exact) mass is 355 g/mol. The topological polar surface area (TPSA) is 23.5 Å². The molecule has 134 valence electrons. The lowest BCUT2D eigenvalue weighted by atomic mass is 9.71. The number of benzene rings is 2. The fourth-order valence-electron chi connectivity index (χ4n) is 4.08. The molecule has 0 heterocycles. The minimum Gasteiger partial charge on any atom is -0.392 e. The Morgan fingerprint density at radius 1 is 1.00 bits per heavy atom. The number of aliphatic hydroxyl groups excluding tert-OH is 1. The quantitative estimate of drug-likeness (QED) is 0.754. The summed E-state index contributed by atoms with van der Waals surface area (Å²) in [4.78, 5) is 3.62. The molecule has 0 spiro atoms. The predicted molar refractivity (Wildman–Crippen MR) is 107 cm³/mol. The number of thioether (sulfide) groups is 1. The zero-order chi connectivity index (χ0) is 17.7. The smallest absolute Gasteiger partial charge is 0.0662 e. The van der Waals surface area contributed by atoms with Crippen LogP contribution >= 0.6 is 11.8 Å². The Bertz CT molecular complexity index is 636. The van der Waals surface area contributed by atoms with E-state index in [-0.39, 0.29) is 11.6 Å². The molecule has 0 bridgehead atoms. The van der Waals surface area contributed by atoms with Crippen LogP contribution in [0.15, 0.2) is 65.6 Å². The third-order valence-corrected chi connectivity index (χ3v) is 6.85. The molecule has 1 aliphatic carbocycles. The second-order valence-electron chi connectivity index (χ2n) is 7.32. The van der Waals surface area contributed by atoms with Crippen molar-refractivity contribution in [3.05, 3.63) is 66.2 Å². The van der Waals surface area contributed by atoms with Crippen LogP contribution in [0.4, 0.5) is 0 Å². The molecule has 1 unspecified atom stereocenters. The first-order valence-corrected chi connectivity index (χ1v) is 10.2. The highest BCUT2D eigenvalue weighted by atomic mass is 32.2. The maximum Gasteiger partial charge on any atom is 0.0662 e. The first-order chi connectivity index (χ1) is 12.1. The molecule has 0 saturated heterocycles. The molecule has 1 aliphatic rings. The lowest BCUT2D eigenvalue weighted by molar-refractivity contribution is 0.0324. The van der Waals surface area contributed by atoms with Gasteiger partial charge in [-0.2, -0.15) is 0 Å². The van der Waals surface area contributed by atoms with E-state index in [9.17, 15) is 5.11 Å². The lowest BCUT2D eigenvalue weighted by Gasteiger charge is -2.46. The van der Waals surface area contributed by atoms with Crippen LogP contribution in [0, 0.1) is 5.92 Å². The van der Waals surface area contributed by atoms with Crippen molar-refractivity contribution in [3.8, 4) is 0 Å². The zero-order valence-corrected chi connectivity index (χ0v) is 16.1. The van der Waals surface area contributed by atoms with Crippen molar-refractivity contribution in [1.82, 2.24) is 4.90 Å². The fraction of sp³-hybridized carbons (Fsp3) is 0.455. The fourth-order valence-corrected chi connectivity index (χ4v) is 5.06. The highest BCUT2D eigenvalue weighted by molar-refractivity contribution is 7.99. The van der Waals surface area contributed by atoms with Crippen LogP contribution in [0.25, 0.3) is 0 Å². The van der Waals surface area contributed by atoms with Gasteiger partial charge in [-0.1, -0.05) is 48.5 Å². The van der Waals surface area contributed by atoms with Crippen molar-refractivity contribution in [2.75, 3.05) is 19.8 Å². The minimum atomic E-state index is -0.221. The molecule has 3 heteroatoms. The highest BCUT2D eigenvalue weighted by Crippen LogP contribution is 2.44. The molecule has 25 heavy (non-hydrogen) atoms. The van der Waals surface area contributed by atoms with Gasteiger partial charge in [-0.15, -0.1) is 11.8 Å². The van der Waals surface area contributed by atoms with Crippen LogP contribution in [0.2, 0.25) is 0 Å². The van der Waals surface area contributed by atoms with Gasteiger partial charge in [0.15, 0.2) is 0 Å². The normalized spacial score (nSPS) is 25.0. The Balaban J connectivity index is 1.60. The number of hydrogen-bond donors (Lipinski definition) is 1. The van der Waals surface area contributed by atoms with Crippen molar-refractivity contribution >= 4 is 11.8 Å². The summed E-state index contributed by atoms with van der Waals surface area (Å²) in [6, 6.07) is 21.2. The summed E-state index contributed by atoms with van der Waals surface area (Å²) in [5, 5.41) is 10.7. The summed E-state index contributed by atoms with van der Waals surface area (Å²) in [7, 11) is 4.38. The maximum absolute atomic E-state index is 10.7. The van der Waals surface area contributed by atoms with Crippen LogP contribution < -0.4 is 0 Å². The summed E-state index contributed by atoms with van der Waals surface area (Å²) < 4.78 is 0. The van der Waals surface area contributed by atoms with Gasteiger partial charge in [0, 0.05) is 16.2 Å². The van der Waals surface area contributed by atoms with Gasteiger partial charge in [0.05, 0.1) is 6.10 Å². The number of aliphatic hydroxyl groups is 1. The van der Waals surface area contributed by atoms with Crippen LogP contribution in [0.5, 0.6) is 0 Å². The Morgan fingerprint density at radius 3 is 2.12 bits per heavy atom. The molecule has 0 radical (unpaired) electrons. The number of rotatable bonds is 6. The summed E-state index contributed by atoms with van der Waals surface area (Å²) in [6.45, 7) is 0. The summed E-state index contributed by atoms with van der Waals surface area (Å²) >= 11 is 1.76. The van der Waals surface area contributed by atoms with Crippen molar-refractivity contribution in [3.63, 3.8) is 0 Å². The van der Waals surface area contributed by atoms with E-state index in [1.54, 1.807) is 11.8 Å². The molecule has 1 atom stereocenters. The van der Waals surface area contributed by atoms with Crippen LogP contribution in [0.3, 0.4) is 0 Å². The first-order valence-electron chi connectivity index (χ1n) is 9.21. The molecule has 2 nitrogen and oxygen atoms in total. The summed E-state index contributed by atoms with van der Waals surface area (Å²) in [5.41, 5.74) is 1.52. The molecule has 3 rings (SSSR count). The van der Waals surface area contributed by atoms with E-state index >= 15 is 0 Å². The Labute approximate surface area is 156 Å². The molecule has 0 aromatic heterocycles. The standard InChI is InChI=1S/C22H29NOS/c1-23(2)22(19-9-5-3-6-10-19)15-13-18(14-16-22)21(24)17-25-20-11-7-4-8-12-20/h3-12,18,21,24H,13-17H2,1-2H3. The van der Waals surface area contributed by atoms with Gasteiger partial charge in [0.1, 0.15) is 0 Å². The summed E-state index contributed by atoms with van der Waals surface area (Å²) in [5.74, 6) is 1.20. The van der Waals surface area contributed by atoms with Crippen molar-refractivity contribution < 1.29 is 5.11 Å². The van der Waals surface area contributed by atoms with Gasteiger partial charge in [0.2, 0.25) is 0 Å². The van der Waals surface area contributed by atoms with E-state index < -0.39 is 0 Å². The SMILES string of the molecule is CN(C)C1(c2ccccc2)CCC(C(O)CSc2ccccc2)CC1. The average Bonchev–Trinajstić information content (AvgIpc) is 2.67. The predicted octanol–water partition coefficient (Wildman–Crippen LogP) is 4.79. The van der Waals surface area contributed by atoms with Gasteiger partial charge in [-0.3, -0.25) is 4.90 Å². The second kappa shape index (κ2) is 8.39. The van der Waals surface area contributed by atoms with E-state index in [1.165, 1.54) is 10.5 Å². The second-order valence-corrected chi connectivity index (χ2v) is 8.41. The molecule has 2 aromatic carbocycles. The third-order valence-electron chi connectivity index (χ3n) is 5.73. The molecule has 0 aliphatic heterocycles. The van der Waals surface area contributed by atoms with Crippen molar-refractivity contribution in [1.29, 1.82) is 0 Å². The Morgan fingerprint density at radius 2 is 1.56 bits per heavy atom. The third kappa shape index (κ3) is 4.28. The van der Waals surface area contributed by atoms with Gasteiger partial charge in [-0.05, 0) is 63.4 Å². The van der Waals surface area contributed by atoms with E-state index in [4.69, 9.17) is 0 Å². The molecule has 0 amide bonds. The Hall–Kier alpha value is -1.29. The van der Waals surface area contributed by atoms with Crippen molar-refractivity contribution in [2.24, 2.45) is 5.92 Å². The van der Waals surface area contributed by atoms with E-state index in [0.29, 0.717) is 5.92 Å². The van der Waals surface area contributed by atoms with Gasteiger partial charge in [-0.25, -0.2) is 0 Å². The van der Waals surface area contributed by atoms with Gasteiger partial charge in [0.25, 0.3) is 0 Å². The minimum absolute atomic E-state index is 0.115. The van der Waals surface area contributed by atoms with Crippen LogP contribution in [0.1, 0.15) is 31.2 Å². The number of nitrogens with zero attached hydrogens (tertiary/aromatic N) is 1. The highest BCUT2D eigenvalue weighted by Gasteiger charge is 2.40. The van der Waals surface area contributed by atoms with Crippen molar-refractivity contribution in [2.45, 2.75) is 42.2 Å². The van der Waals surface area contributed by atoms with E-state index in [2.05, 4.69) is 73.6 Å². The lowest BCUT2D eigenvalue weighted by Crippen LogP contribution is -2.45. The van der Waals surface area contributed by atoms with Gasteiger partial charge < -0.3 is 5.11 Å². The van der Waals surface area contributed by atoms with Crippen LogP contribution in [-0.2, 0) is 5.54 Å². The molecule has 1 N–H and O–H groups in total. The largest absolute Gasteiger partial charge is 0.392 e. The van der Waals surface area contributed by atoms with Gasteiger partial charge >= 0.3 is 0 Å². The zero-order valence-electron chi connectivity index (χ0n) is 15.3. The van der Waals surface area contributed by atoms with E-state index in [1.807, 2.05) is 6.07 Å². The first kappa shape index (κ1) is 18.5. The molecule has 1 fully saturated rings. The molecule has 1 saturated carbocycles. The average molecular weight is 356 g/mol. The molecular formula is C22H29NOS.